The quantitative estimate of drug-likeness (QED) is 0.671. The largest absolute Gasteiger partial charge is 0.497 e. The summed E-state index contributed by atoms with van der Waals surface area (Å²) in [4.78, 5) is 30.9. The first kappa shape index (κ1) is 16.7. The number of ether oxygens (including phenoxy) is 1. The normalized spacial score (nSPS) is 12.1. The topological polar surface area (TPSA) is 92.3 Å². The number of nitrogens with one attached hydrogen (secondary N) is 1. The number of Topliss-reactive ketones (excluding diaryl/α,β-unsaturated/α-hetero) is 1. The Morgan fingerprint density at radius 2 is 1.92 bits per heavy atom. The molecule has 2 aromatic carbocycles. The van der Waals surface area contributed by atoms with Crippen LogP contribution < -0.4 is 4.74 Å². The molecule has 0 spiro atoms. The highest BCUT2D eigenvalue weighted by atomic mass is 16.5. The van der Waals surface area contributed by atoms with E-state index in [4.69, 9.17) is 9.84 Å². The van der Waals surface area contributed by atoms with Crippen LogP contribution in [0.25, 0.3) is 22.4 Å². The highest BCUT2D eigenvalue weighted by Crippen LogP contribution is 2.24. The molecule has 0 saturated carbocycles. The van der Waals surface area contributed by atoms with Gasteiger partial charge in [0.15, 0.2) is 5.78 Å². The van der Waals surface area contributed by atoms with E-state index in [0.29, 0.717) is 11.4 Å². The summed E-state index contributed by atoms with van der Waals surface area (Å²) in [6.45, 7) is 1.62. The highest BCUT2D eigenvalue weighted by molar-refractivity contribution is 6.01. The second-order valence-electron chi connectivity index (χ2n) is 5.91. The van der Waals surface area contributed by atoms with Crippen LogP contribution in [0.4, 0.5) is 0 Å². The lowest BCUT2D eigenvalue weighted by Gasteiger charge is -2.07. The van der Waals surface area contributed by atoms with Gasteiger partial charge in [-0.3, -0.25) is 9.59 Å². The van der Waals surface area contributed by atoms with Gasteiger partial charge in [0, 0.05) is 17.0 Å². The van der Waals surface area contributed by atoms with E-state index in [1.54, 1.807) is 32.2 Å². The first-order valence-corrected chi connectivity index (χ1v) is 7.88. The summed E-state index contributed by atoms with van der Waals surface area (Å²) in [7, 11) is 1.61. The van der Waals surface area contributed by atoms with Crippen molar-refractivity contribution in [1.29, 1.82) is 0 Å². The molecule has 0 radical (unpaired) electrons. The van der Waals surface area contributed by atoms with E-state index in [1.807, 2.05) is 24.3 Å². The molecule has 6 heteroatoms. The lowest BCUT2D eigenvalue weighted by Crippen LogP contribution is -2.15. The Hall–Kier alpha value is -3.15. The molecule has 1 aromatic heterocycles. The number of hydrogen-bond acceptors (Lipinski definition) is 4. The molecule has 25 heavy (non-hydrogen) atoms. The summed E-state index contributed by atoms with van der Waals surface area (Å²) >= 11 is 0. The number of aliphatic carboxylic acids is 1. The molecule has 0 aliphatic heterocycles. The molecule has 0 fully saturated rings. The van der Waals surface area contributed by atoms with Gasteiger partial charge in [0.05, 0.1) is 24.6 Å². The SMILES string of the molecule is COc1ccc(-c2nc3ccc(C(=O)C(C)CC(=O)O)cc3[nH]2)cc1. The molecular formula is C19H18N2O4. The fraction of sp³-hybridized carbons (Fsp3) is 0.211. The van der Waals surface area contributed by atoms with E-state index in [0.717, 1.165) is 22.3 Å². The van der Waals surface area contributed by atoms with Crippen molar-refractivity contribution in [2.24, 2.45) is 5.92 Å². The second-order valence-corrected chi connectivity index (χ2v) is 5.91. The zero-order valence-corrected chi connectivity index (χ0v) is 13.9. The monoisotopic (exact) mass is 338 g/mol. The number of aromatic amines is 1. The van der Waals surface area contributed by atoms with E-state index in [9.17, 15) is 9.59 Å². The standard InChI is InChI=1S/C19H18N2O4/c1-11(9-17(22)23)18(24)13-5-8-15-16(10-13)21-19(20-15)12-3-6-14(25-2)7-4-12/h3-8,10-11H,9H2,1-2H3,(H,20,21)(H,22,23). The molecule has 1 atom stereocenters. The van der Waals surface area contributed by atoms with Crippen LogP contribution in [-0.4, -0.2) is 33.9 Å². The van der Waals surface area contributed by atoms with Gasteiger partial charge in [-0.1, -0.05) is 6.92 Å². The minimum atomic E-state index is -0.981. The molecule has 0 aliphatic rings. The molecule has 3 rings (SSSR count). The molecule has 128 valence electrons. The minimum Gasteiger partial charge on any atom is -0.497 e. The van der Waals surface area contributed by atoms with Crippen LogP contribution in [0.1, 0.15) is 23.7 Å². The Labute approximate surface area is 144 Å². The van der Waals surface area contributed by atoms with Gasteiger partial charge in [0.2, 0.25) is 0 Å². The lowest BCUT2D eigenvalue weighted by molar-refractivity contribution is -0.137. The van der Waals surface area contributed by atoms with Gasteiger partial charge < -0.3 is 14.8 Å². The van der Waals surface area contributed by atoms with Crippen molar-refractivity contribution in [3.05, 3.63) is 48.0 Å². The number of methoxy groups -OCH3 is 1. The number of imidazole rings is 1. The third kappa shape index (κ3) is 3.52. The van der Waals surface area contributed by atoms with Crippen LogP contribution in [0.15, 0.2) is 42.5 Å². The van der Waals surface area contributed by atoms with Crippen molar-refractivity contribution in [1.82, 2.24) is 9.97 Å². The third-order valence-electron chi connectivity index (χ3n) is 4.06. The summed E-state index contributed by atoms with van der Waals surface area (Å²) < 4.78 is 5.15. The van der Waals surface area contributed by atoms with Crippen molar-refractivity contribution in [2.45, 2.75) is 13.3 Å². The smallest absolute Gasteiger partial charge is 0.304 e. The van der Waals surface area contributed by atoms with Gasteiger partial charge in [0.1, 0.15) is 11.6 Å². The Morgan fingerprint density at radius 3 is 2.56 bits per heavy atom. The number of carboxylic acids is 1. The summed E-state index contributed by atoms with van der Waals surface area (Å²) in [5.41, 5.74) is 2.86. The van der Waals surface area contributed by atoms with Gasteiger partial charge >= 0.3 is 5.97 Å². The molecule has 6 nitrogen and oxygen atoms in total. The fourth-order valence-electron chi connectivity index (χ4n) is 2.69. The number of carbonyl (C=O) groups excluding carboxylic acids is 1. The Bertz CT molecular complexity index is 928. The van der Waals surface area contributed by atoms with Crippen LogP contribution in [0.5, 0.6) is 5.75 Å². The number of aromatic nitrogens is 2. The van der Waals surface area contributed by atoms with Crippen molar-refractivity contribution in [3.8, 4) is 17.1 Å². The van der Waals surface area contributed by atoms with Crippen molar-refractivity contribution in [3.63, 3.8) is 0 Å². The van der Waals surface area contributed by atoms with Crippen LogP contribution in [0, 0.1) is 5.92 Å². The van der Waals surface area contributed by atoms with E-state index < -0.39 is 11.9 Å². The molecule has 3 aromatic rings. The van der Waals surface area contributed by atoms with Crippen LogP contribution in [-0.2, 0) is 4.79 Å². The van der Waals surface area contributed by atoms with Gasteiger partial charge in [-0.2, -0.15) is 0 Å². The number of rotatable bonds is 6. The molecule has 1 heterocycles. The van der Waals surface area contributed by atoms with Gasteiger partial charge in [-0.25, -0.2) is 4.98 Å². The molecule has 0 aliphatic carbocycles. The molecule has 0 saturated heterocycles. The number of H-pyrrole nitrogens is 1. The highest BCUT2D eigenvalue weighted by Gasteiger charge is 2.19. The molecule has 1 unspecified atom stereocenters. The maximum Gasteiger partial charge on any atom is 0.304 e. The number of fused-ring (bicyclic) bond motifs is 1. The fourth-order valence-corrected chi connectivity index (χ4v) is 2.69. The zero-order valence-electron chi connectivity index (χ0n) is 13.9. The molecular weight excluding hydrogens is 320 g/mol. The predicted octanol–water partition coefficient (Wildman–Crippen LogP) is 3.53. The Kier molecular flexibility index (Phi) is 4.52. The maximum atomic E-state index is 12.4. The van der Waals surface area contributed by atoms with Gasteiger partial charge in [-0.05, 0) is 42.5 Å². The predicted molar refractivity (Wildman–Crippen MR) is 93.8 cm³/mol. The minimum absolute atomic E-state index is 0.184. The lowest BCUT2D eigenvalue weighted by atomic mass is 9.96. The third-order valence-corrected chi connectivity index (χ3v) is 4.06. The average Bonchev–Trinajstić information content (AvgIpc) is 3.03. The van der Waals surface area contributed by atoms with E-state index in [2.05, 4.69) is 9.97 Å². The summed E-state index contributed by atoms with van der Waals surface area (Å²) in [5.74, 6) is -0.282. The zero-order chi connectivity index (χ0) is 18.0. The number of hydrogen-bond donors (Lipinski definition) is 2. The summed E-state index contributed by atoms with van der Waals surface area (Å²) in [6.07, 6.45) is -0.184. The van der Waals surface area contributed by atoms with Crippen LogP contribution in [0.3, 0.4) is 0 Å². The average molecular weight is 338 g/mol. The van der Waals surface area contributed by atoms with Crippen molar-refractivity contribution >= 4 is 22.8 Å². The molecule has 0 amide bonds. The number of benzene rings is 2. The van der Waals surface area contributed by atoms with Crippen molar-refractivity contribution in [2.75, 3.05) is 7.11 Å². The Balaban J connectivity index is 1.90. The molecule has 0 bridgehead atoms. The first-order chi connectivity index (χ1) is 12.0. The van der Waals surface area contributed by atoms with Gasteiger partial charge in [-0.15, -0.1) is 0 Å². The number of carbonyl (C=O) groups is 2. The number of carboxylic acid groups (broad SMARTS) is 1. The van der Waals surface area contributed by atoms with Crippen LogP contribution in [0.2, 0.25) is 0 Å². The van der Waals surface area contributed by atoms with Crippen molar-refractivity contribution < 1.29 is 19.4 Å². The second kappa shape index (κ2) is 6.76. The van der Waals surface area contributed by atoms with Crippen LogP contribution >= 0.6 is 0 Å². The number of ketones is 1. The number of nitrogens with zero attached hydrogens (tertiary/aromatic N) is 1. The maximum absolute atomic E-state index is 12.4. The summed E-state index contributed by atoms with van der Waals surface area (Å²) in [5, 5.41) is 8.84. The first-order valence-electron chi connectivity index (χ1n) is 7.88. The van der Waals surface area contributed by atoms with E-state index in [-0.39, 0.29) is 12.2 Å². The summed E-state index contributed by atoms with van der Waals surface area (Å²) in [6, 6.07) is 12.7. The van der Waals surface area contributed by atoms with Gasteiger partial charge in [0.25, 0.3) is 0 Å². The van der Waals surface area contributed by atoms with E-state index in [1.165, 1.54) is 0 Å². The molecule has 2 N–H and O–H groups in total. The van der Waals surface area contributed by atoms with E-state index >= 15 is 0 Å². The Morgan fingerprint density at radius 1 is 1.20 bits per heavy atom.